The summed E-state index contributed by atoms with van der Waals surface area (Å²) < 4.78 is 5.34. The standard InChI is InChI=1S/C11H22O2/c1-6-7-13-8-9(2)10(12)11(3,4)5/h9H,6-8H2,1-5H3. The number of hydrogen-bond acceptors (Lipinski definition) is 2. The van der Waals surface area contributed by atoms with E-state index in [-0.39, 0.29) is 17.1 Å². The first kappa shape index (κ1) is 12.6. The second-order valence-corrected chi connectivity index (χ2v) is 4.59. The Balaban J connectivity index is 3.84. The topological polar surface area (TPSA) is 26.3 Å². The van der Waals surface area contributed by atoms with Crippen molar-refractivity contribution < 1.29 is 9.53 Å². The van der Waals surface area contributed by atoms with Crippen molar-refractivity contribution >= 4 is 5.78 Å². The molecule has 0 spiro atoms. The van der Waals surface area contributed by atoms with Crippen LogP contribution in [0, 0.1) is 11.3 Å². The van der Waals surface area contributed by atoms with Gasteiger partial charge in [0.25, 0.3) is 0 Å². The highest BCUT2D eigenvalue weighted by atomic mass is 16.5. The fourth-order valence-electron chi connectivity index (χ4n) is 1.22. The maximum Gasteiger partial charge on any atom is 0.143 e. The summed E-state index contributed by atoms with van der Waals surface area (Å²) in [5.41, 5.74) is -0.241. The van der Waals surface area contributed by atoms with E-state index in [0.717, 1.165) is 13.0 Å². The fraction of sp³-hybridized carbons (Fsp3) is 0.909. The van der Waals surface area contributed by atoms with Crippen molar-refractivity contribution in [1.29, 1.82) is 0 Å². The van der Waals surface area contributed by atoms with Gasteiger partial charge in [-0.15, -0.1) is 0 Å². The van der Waals surface area contributed by atoms with Crippen molar-refractivity contribution in [3.8, 4) is 0 Å². The summed E-state index contributed by atoms with van der Waals surface area (Å²) in [6, 6.07) is 0. The van der Waals surface area contributed by atoms with E-state index in [1.165, 1.54) is 0 Å². The molecular formula is C11H22O2. The van der Waals surface area contributed by atoms with E-state index in [0.29, 0.717) is 6.61 Å². The third-order valence-corrected chi connectivity index (χ3v) is 1.90. The summed E-state index contributed by atoms with van der Waals surface area (Å²) in [5.74, 6) is 0.301. The molecule has 2 nitrogen and oxygen atoms in total. The van der Waals surface area contributed by atoms with E-state index >= 15 is 0 Å². The highest BCUT2D eigenvalue weighted by molar-refractivity contribution is 5.85. The van der Waals surface area contributed by atoms with E-state index < -0.39 is 0 Å². The molecule has 0 aliphatic carbocycles. The van der Waals surface area contributed by atoms with E-state index in [1.807, 2.05) is 27.7 Å². The largest absolute Gasteiger partial charge is 0.381 e. The van der Waals surface area contributed by atoms with Crippen molar-refractivity contribution in [1.82, 2.24) is 0 Å². The molecule has 0 aromatic rings. The minimum Gasteiger partial charge on any atom is -0.381 e. The Morgan fingerprint density at radius 2 is 1.92 bits per heavy atom. The molecule has 0 saturated carbocycles. The van der Waals surface area contributed by atoms with Crippen molar-refractivity contribution in [3.63, 3.8) is 0 Å². The van der Waals surface area contributed by atoms with Crippen LogP contribution in [0.25, 0.3) is 0 Å². The summed E-state index contributed by atoms with van der Waals surface area (Å²) in [6.45, 7) is 11.2. The third-order valence-electron chi connectivity index (χ3n) is 1.90. The smallest absolute Gasteiger partial charge is 0.143 e. The Morgan fingerprint density at radius 1 is 1.38 bits per heavy atom. The number of carbonyl (C=O) groups is 1. The van der Waals surface area contributed by atoms with Gasteiger partial charge in [0, 0.05) is 17.9 Å². The second-order valence-electron chi connectivity index (χ2n) is 4.59. The van der Waals surface area contributed by atoms with Gasteiger partial charge in [-0.2, -0.15) is 0 Å². The van der Waals surface area contributed by atoms with Gasteiger partial charge in [0.1, 0.15) is 5.78 Å². The van der Waals surface area contributed by atoms with Crippen LogP contribution in [0.5, 0.6) is 0 Å². The average molecular weight is 186 g/mol. The Labute approximate surface area is 81.7 Å². The van der Waals surface area contributed by atoms with E-state index in [2.05, 4.69) is 6.92 Å². The SMILES string of the molecule is CCCOCC(C)C(=O)C(C)(C)C. The molecule has 0 aromatic carbocycles. The van der Waals surface area contributed by atoms with E-state index in [1.54, 1.807) is 0 Å². The lowest BCUT2D eigenvalue weighted by Gasteiger charge is -2.21. The van der Waals surface area contributed by atoms with Crippen molar-refractivity contribution in [2.45, 2.75) is 41.0 Å². The summed E-state index contributed by atoms with van der Waals surface area (Å²) in [5, 5.41) is 0. The molecule has 0 heterocycles. The highest BCUT2D eigenvalue weighted by Crippen LogP contribution is 2.20. The van der Waals surface area contributed by atoms with Gasteiger partial charge in [0.05, 0.1) is 6.61 Å². The maximum atomic E-state index is 11.7. The molecule has 0 fully saturated rings. The molecule has 0 bridgehead atoms. The lowest BCUT2D eigenvalue weighted by atomic mass is 9.84. The van der Waals surface area contributed by atoms with Crippen molar-refractivity contribution in [2.75, 3.05) is 13.2 Å². The molecular weight excluding hydrogens is 164 g/mol. The first-order chi connectivity index (χ1) is 5.89. The fourth-order valence-corrected chi connectivity index (χ4v) is 1.22. The minimum absolute atomic E-state index is 0.0200. The normalized spacial score (nSPS) is 14.2. The van der Waals surface area contributed by atoms with Crippen LogP contribution in [-0.4, -0.2) is 19.0 Å². The number of ketones is 1. The van der Waals surface area contributed by atoms with Crippen LogP contribution in [-0.2, 0) is 9.53 Å². The molecule has 13 heavy (non-hydrogen) atoms. The van der Waals surface area contributed by atoms with Crippen LogP contribution >= 0.6 is 0 Å². The number of hydrogen-bond donors (Lipinski definition) is 0. The van der Waals surface area contributed by atoms with Gasteiger partial charge in [-0.1, -0.05) is 34.6 Å². The summed E-state index contributed by atoms with van der Waals surface area (Å²) in [4.78, 5) is 11.7. The zero-order chi connectivity index (χ0) is 10.5. The van der Waals surface area contributed by atoms with Gasteiger partial charge in [0.2, 0.25) is 0 Å². The molecule has 0 radical (unpaired) electrons. The quantitative estimate of drug-likeness (QED) is 0.617. The zero-order valence-corrected chi connectivity index (χ0v) is 9.52. The highest BCUT2D eigenvalue weighted by Gasteiger charge is 2.26. The summed E-state index contributed by atoms with van der Waals surface area (Å²) >= 11 is 0. The average Bonchev–Trinajstić information content (AvgIpc) is 2.01. The number of ether oxygens (including phenoxy) is 1. The Kier molecular flexibility index (Phi) is 5.23. The number of rotatable bonds is 5. The molecule has 0 aromatic heterocycles. The molecule has 0 amide bonds. The Morgan fingerprint density at radius 3 is 2.31 bits per heavy atom. The summed E-state index contributed by atoms with van der Waals surface area (Å²) in [6.07, 6.45) is 1.01. The van der Waals surface area contributed by atoms with Crippen LogP contribution in [0.15, 0.2) is 0 Å². The monoisotopic (exact) mass is 186 g/mol. The molecule has 0 N–H and O–H groups in total. The van der Waals surface area contributed by atoms with Gasteiger partial charge in [0.15, 0.2) is 0 Å². The van der Waals surface area contributed by atoms with Gasteiger partial charge < -0.3 is 4.74 Å². The molecule has 78 valence electrons. The Bertz CT molecular complexity index is 156. The third kappa shape index (κ3) is 5.04. The van der Waals surface area contributed by atoms with Gasteiger partial charge in [-0.25, -0.2) is 0 Å². The number of Topliss-reactive ketones (excluding diaryl/α,β-unsaturated/α-hetero) is 1. The zero-order valence-electron chi connectivity index (χ0n) is 9.52. The van der Waals surface area contributed by atoms with E-state index in [9.17, 15) is 4.79 Å². The Hall–Kier alpha value is -0.370. The molecule has 0 aliphatic heterocycles. The summed E-state index contributed by atoms with van der Waals surface area (Å²) in [7, 11) is 0. The van der Waals surface area contributed by atoms with Gasteiger partial charge in [-0.3, -0.25) is 4.79 Å². The molecule has 2 heteroatoms. The predicted octanol–water partition coefficient (Wildman–Crippen LogP) is 2.66. The molecule has 1 unspecified atom stereocenters. The van der Waals surface area contributed by atoms with Crippen LogP contribution in [0.1, 0.15) is 41.0 Å². The maximum absolute atomic E-state index is 11.7. The van der Waals surface area contributed by atoms with Crippen LogP contribution in [0.3, 0.4) is 0 Å². The first-order valence-corrected chi connectivity index (χ1v) is 5.01. The second kappa shape index (κ2) is 5.38. The van der Waals surface area contributed by atoms with Crippen molar-refractivity contribution in [2.24, 2.45) is 11.3 Å². The van der Waals surface area contributed by atoms with E-state index in [4.69, 9.17) is 4.74 Å². The number of carbonyl (C=O) groups excluding carboxylic acids is 1. The van der Waals surface area contributed by atoms with Gasteiger partial charge in [-0.05, 0) is 6.42 Å². The molecule has 0 saturated heterocycles. The minimum atomic E-state index is -0.241. The lowest BCUT2D eigenvalue weighted by molar-refractivity contribution is -0.131. The molecule has 1 atom stereocenters. The van der Waals surface area contributed by atoms with Gasteiger partial charge >= 0.3 is 0 Å². The van der Waals surface area contributed by atoms with Crippen LogP contribution in [0.2, 0.25) is 0 Å². The molecule has 0 aliphatic rings. The van der Waals surface area contributed by atoms with Crippen LogP contribution in [0.4, 0.5) is 0 Å². The van der Waals surface area contributed by atoms with Crippen molar-refractivity contribution in [3.05, 3.63) is 0 Å². The lowest BCUT2D eigenvalue weighted by Crippen LogP contribution is -2.29. The van der Waals surface area contributed by atoms with Crippen LogP contribution < -0.4 is 0 Å². The first-order valence-electron chi connectivity index (χ1n) is 5.01. The molecule has 0 rings (SSSR count). The predicted molar refractivity (Wildman–Crippen MR) is 54.7 cm³/mol.